The van der Waals surface area contributed by atoms with Crippen molar-refractivity contribution in [1.29, 1.82) is 0 Å². The van der Waals surface area contributed by atoms with Crippen LogP contribution in [0, 0.1) is 34.5 Å². The van der Waals surface area contributed by atoms with Gasteiger partial charge in [0.15, 0.2) is 6.10 Å². The first kappa shape index (κ1) is 31.8. The lowest BCUT2D eigenvalue weighted by Gasteiger charge is -2.62. The Labute approximate surface area is 260 Å². The molecule has 0 bridgehead atoms. The zero-order chi connectivity index (χ0) is 28.3. The van der Waals surface area contributed by atoms with Gasteiger partial charge in [0.25, 0.3) is 0 Å². The number of likely N-dealkylation sites (tertiary alicyclic amines) is 2. The van der Waals surface area contributed by atoms with Crippen LogP contribution < -0.4 is 17.0 Å². The molecule has 6 fully saturated rings. The molecule has 0 aromatic carbocycles. The first-order valence-corrected chi connectivity index (χ1v) is 17.0. The Morgan fingerprint density at radius 2 is 1.46 bits per heavy atom. The number of fused-ring (bicyclic) bond motifs is 5. The van der Waals surface area contributed by atoms with E-state index in [1.807, 2.05) is 0 Å². The maximum atomic E-state index is 12.5. The third-order valence-corrected chi connectivity index (χ3v) is 13.7. The molecule has 8 unspecified atom stereocenters. The van der Waals surface area contributed by atoms with Crippen molar-refractivity contribution in [3.05, 3.63) is 0 Å². The second-order valence-electron chi connectivity index (χ2n) is 15.8. The van der Waals surface area contributed by atoms with Gasteiger partial charge in [0.2, 0.25) is 0 Å². The number of esters is 2. The van der Waals surface area contributed by atoms with Crippen molar-refractivity contribution in [3.63, 3.8) is 0 Å². The standard InChI is InChI=1S/C34H57N2O4.BrH/c1-23(37)39-31-20-25-12-13-26-27(34(25,4)22-29(31)35-16-8-6-9-17-35)14-15-33(3)28(26)21-30(32(33)40-24(2)38)36(5)18-10-7-11-19-36;/h25-32H,6-22H2,1-5H3;1H/q+1;/p-1/t25?,26?,27?,28?,29?,30?,31?,32?,33-,34-;/m0./s1. The van der Waals surface area contributed by atoms with Gasteiger partial charge in [0.05, 0.1) is 20.1 Å². The fourth-order valence-electron chi connectivity index (χ4n) is 11.7. The first-order chi connectivity index (χ1) is 19.0. The van der Waals surface area contributed by atoms with E-state index in [0.29, 0.717) is 35.3 Å². The summed E-state index contributed by atoms with van der Waals surface area (Å²) in [5, 5.41) is 0. The Morgan fingerprint density at radius 1 is 0.805 bits per heavy atom. The minimum absolute atomic E-state index is 0. The number of carbonyl (C=O) groups excluding carboxylic acids is 2. The molecular formula is C34H57BrN2O4. The average Bonchev–Trinajstić information content (AvgIpc) is 3.21. The number of hydrogen-bond acceptors (Lipinski definition) is 5. The zero-order valence-electron chi connectivity index (χ0n) is 26.5. The van der Waals surface area contributed by atoms with E-state index in [2.05, 4.69) is 25.8 Å². The molecule has 41 heavy (non-hydrogen) atoms. The topological polar surface area (TPSA) is 55.8 Å². The summed E-state index contributed by atoms with van der Waals surface area (Å²) in [5.41, 5.74) is 0.377. The van der Waals surface area contributed by atoms with Crippen molar-refractivity contribution in [2.24, 2.45) is 34.5 Å². The molecule has 6 rings (SSSR count). The van der Waals surface area contributed by atoms with E-state index in [9.17, 15) is 9.59 Å². The third kappa shape index (κ3) is 5.56. The molecule has 6 nitrogen and oxygen atoms in total. The van der Waals surface area contributed by atoms with Gasteiger partial charge in [-0.3, -0.25) is 14.5 Å². The van der Waals surface area contributed by atoms with E-state index in [0.717, 1.165) is 29.9 Å². The van der Waals surface area contributed by atoms with Crippen LogP contribution >= 0.6 is 0 Å². The summed E-state index contributed by atoms with van der Waals surface area (Å²) in [7, 11) is 2.47. The minimum atomic E-state index is -0.111. The minimum Gasteiger partial charge on any atom is -1.00 e. The maximum absolute atomic E-state index is 12.5. The van der Waals surface area contributed by atoms with Crippen LogP contribution in [-0.2, 0) is 19.1 Å². The number of rotatable bonds is 4. The molecule has 2 saturated heterocycles. The molecule has 7 heteroatoms. The van der Waals surface area contributed by atoms with Crippen LogP contribution in [0.3, 0.4) is 0 Å². The third-order valence-electron chi connectivity index (χ3n) is 13.7. The predicted octanol–water partition coefficient (Wildman–Crippen LogP) is 2.97. The van der Waals surface area contributed by atoms with Crippen molar-refractivity contribution in [1.82, 2.24) is 4.90 Å². The van der Waals surface area contributed by atoms with Gasteiger partial charge in [-0.25, -0.2) is 0 Å². The summed E-state index contributed by atoms with van der Waals surface area (Å²) in [4.78, 5) is 27.4. The number of nitrogens with zero attached hydrogens (tertiary/aromatic N) is 2. The van der Waals surface area contributed by atoms with Gasteiger partial charge >= 0.3 is 11.9 Å². The van der Waals surface area contributed by atoms with Crippen molar-refractivity contribution in [3.8, 4) is 0 Å². The molecular weight excluding hydrogens is 580 g/mol. The molecule has 2 heterocycles. The number of ether oxygens (including phenoxy) is 2. The molecule has 0 N–H and O–H groups in total. The van der Waals surface area contributed by atoms with E-state index in [1.165, 1.54) is 90.1 Å². The van der Waals surface area contributed by atoms with Crippen molar-refractivity contribution < 1.29 is 40.5 Å². The number of quaternary nitrogens is 1. The van der Waals surface area contributed by atoms with Crippen LogP contribution in [0.5, 0.6) is 0 Å². The Hall–Kier alpha value is -0.660. The molecule has 4 saturated carbocycles. The van der Waals surface area contributed by atoms with Crippen LogP contribution in [0.4, 0.5) is 0 Å². The summed E-state index contributed by atoms with van der Waals surface area (Å²) < 4.78 is 13.5. The largest absolute Gasteiger partial charge is 1.00 e. The van der Waals surface area contributed by atoms with Gasteiger partial charge in [-0.15, -0.1) is 0 Å². The summed E-state index contributed by atoms with van der Waals surface area (Å²) in [6.45, 7) is 13.1. The molecule has 4 aliphatic carbocycles. The average molecular weight is 638 g/mol. The van der Waals surface area contributed by atoms with Crippen LogP contribution in [0.25, 0.3) is 0 Å². The number of carbonyl (C=O) groups is 2. The number of likely N-dealkylation sites (N-methyl/N-ethyl adjacent to an activating group) is 1. The highest BCUT2D eigenvalue weighted by Gasteiger charge is 2.67. The number of halogens is 1. The Bertz CT molecular complexity index is 964. The fraction of sp³-hybridized carbons (Fsp3) is 0.941. The molecule has 234 valence electrons. The maximum Gasteiger partial charge on any atom is 0.303 e. The summed E-state index contributed by atoms with van der Waals surface area (Å²) >= 11 is 0. The van der Waals surface area contributed by atoms with Crippen molar-refractivity contribution in [2.75, 3.05) is 33.2 Å². The summed E-state index contributed by atoms with van der Waals surface area (Å²) in [6, 6.07) is 0.796. The molecule has 0 aromatic heterocycles. The first-order valence-electron chi connectivity index (χ1n) is 17.0. The zero-order valence-corrected chi connectivity index (χ0v) is 28.1. The van der Waals surface area contributed by atoms with Crippen molar-refractivity contribution in [2.45, 2.75) is 135 Å². The van der Waals surface area contributed by atoms with Gasteiger partial charge in [-0.05, 0) is 113 Å². The summed E-state index contributed by atoms with van der Waals surface area (Å²) in [5.74, 6) is 2.50. The lowest BCUT2D eigenvalue weighted by molar-refractivity contribution is -0.940. The lowest BCUT2D eigenvalue weighted by Crippen LogP contribution is -3.00. The number of hydrogen-bond donors (Lipinski definition) is 0. The van der Waals surface area contributed by atoms with Gasteiger partial charge in [0.1, 0.15) is 12.1 Å². The molecule has 2 aliphatic heterocycles. The number of piperidine rings is 2. The summed E-state index contributed by atoms with van der Waals surface area (Å²) in [6.07, 6.45) is 16.3. The molecule has 0 amide bonds. The molecule has 10 atom stereocenters. The van der Waals surface area contributed by atoms with E-state index in [-0.39, 0.29) is 46.5 Å². The van der Waals surface area contributed by atoms with E-state index in [1.54, 1.807) is 13.8 Å². The second-order valence-corrected chi connectivity index (χ2v) is 15.8. The molecule has 6 aliphatic rings. The van der Waals surface area contributed by atoms with Crippen LogP contribution in [0.2, 0.25) is 0 Å². The highest BCUT2D eigenvalue weighted by atomic mass is 79.9. The monoisotopic (exact) mass is 636 g/mol. The van der Waals surface area contributed by atoms with Crippen LogP contribution in [-0.4, -0.2) is 78.8 Å². The van der Waals surface area contributed by atoms with Crippen LogP contribution in [0.15, 0.2) is 0 Å². The molecule has 0 aromatic rings. The van der Waals surface area contributed by atoms with Crippen molar-refractivity contribution >= 4 is 11.9 Å². The predicted molar refractivity (Wildman–Crippen MR) is 156 cm³/mol. The Kier molecular flexibility index (Phi) is 9.32. The molecule has 0 spiro atoms. The van der Waals surface area contributed by atoms with Gasteiger partial charge in [-0.2, -0.15) is 0 Å². The van der Waals surface area contributed by atoms with Gasteiger partial charge < -0.3 is 30.9 Å². The SMILES string of the molecule is CC(=O)OC1CC2CCC3C(CC[C@@]4(C)C3CC([N+]3(C)CCCCC3)C4OC(C)=O)[C@@]2(C)CC1N1CCCCC1.[Br-]. The van der Waals surface area contributed by atoms with E-state index >= 15 is 0 Å². The van der Waals surface area contributed by atoms with Crippen LogP contribution in [0.1, 0.15) is 111 Å². The smallest absolute Gasteiger partial charge is 0.303 e. The second kappa shape index (κ2) is 12.0. The normalized spacial score (nSPS) is 45.8. The van der Waals surface area contributed by atoms with Gasteiger partial charge in [-0.1, -0.05) is 20.3 Å². The van der Waals surface area contributed by atoms with E-state index < -0.39 is 0 Å². The molecule has 0 radical (unpaired) electrons. The fourth-order valence-corrected chi connectivity index (χ4v) is 11.7. The quantitative estimate of drug-likeness (QED) is 0.351. The highest BCUT2D eigenvalue weighted by molar-refractivity contribution is 5.66. The Morgan fingerprint density at radius 3 is 2.12 bits per heavy atom. The highest BCUT2D eigenvalue weighted by Crippen LogP contribution is 2.67. The van der Waals surface area contributed by atoms with E-state index in [4.69, 9.17) is 9.47 Å². The Balaban J connectivity index is 0.00000337. The lowest BCUT2D eigenvalue weighted by atomic mass is 9.44. The van der Waals surface area contributed by atoms with Gasteiger partial charge in [0, 0.05) is 31.7 Å².